The normalized spacial score (nSPS) is 11.6. The topological polar surface area (TPSA) is 113 Å². The summed E-state index contributed by atoms with van der Waals surface area (Å²) in [6.45, 7) is 4.53. The lowest BCUT2D eigenvalue weighted by molar-refractivity contribution is 0.555. The van der Waals surface area contributed by atoms with Crippen molar-refractivity contribution in [2.24, 2.45) is 21.5 Å². The molecular formula is C20H37N7. The molecule has 0 saturated carbocycles. The molecule has 0 aliphatic carbocycles. The lowest BCUT2D eigenvalue weighted by Crippen LogP contribution is -2.32. The molecule has 0 amide bonds. The first-order valence-corrected chi connectivity index (χ1v) is 9.86. The van der Waals surface area contributed by atoms with Crippen molar-refractivity contribution in [2.75, 3.05) is 39.3 Å². The molecular weight excluding hydrogens is 338 g/mol. The maximum Gasteiger partial charge on any atom is 0.189 e. The van der Waals surface area contributed by atoms with Crippen LogP contribution in [0.4, 0.5) is 0 Å². The second kappa shape index (κ2) is 19.9. The summed E-state index contributed by atoms with van der Waals surface area (Å²) in [5.74, 6) is 5.76. The summed E-state index contributed by atoms with van der Waals surface area (Å²) in [6.07, 6.45) is 19.6. The van der Waals surface area contributed by atoms with E-state index in [2.05, 4.69) is 37.8 Å². The van der Waals surface area contributed by atoms with Crippen LogP contribution in [0.25, 0.3) is 0 Å². The number of nitrogens with one attached hydrogen (secondary N) is 3. The highest BCUT2D eigenvalue weighted by Crippen LogP contribution is 2.00. The van der Waals surface area contributed by atoms with Crippen LogP contribution in [0.1, 0.15) is 51.4 Å². The monoisotopic (exact) mass is 375 g/mol. The number of hydrogen-bond donors (Lipinski definition) is 5. The molecule has 0 spiro atoms. The molecule has 0 aromatic rings. The number of unbranched alkanes of at least 4 members (excludes halogenated alkanes) is 6. The van der Waals surface area contributed by atoms with Gasteiger partial charge >= 0.3 is 0 Å². The first-order chi connectivity index (χ1) is 13.2. The Hall–Kier alpha value is -2.38. The SMILES string of the molecule is C#CCN=C(N)NCCCCCCNCCCCCCN=C(N)NCC#C. The molecule has 0 saturated heterocycles. The molecule has 7 nitrogen and oxygen atoms in total. The molecule has 0 unspecified atom stereocenters. The van der Waals surface area contributed by atoms with Gasteiger partial charge in [0.1, 0.15) is 6.54 Å². The minimum absolute atomic E-state index is 0.331. The number of nitrogens with zero attached hydrogens (tertiary/aromatic N) is 2. The van der Waals surface area contributed by atoms with Gasteiger partial charge in [-0.05, 0) is 38.8 Å². The van der Waals surface area contributed by atoms with Gasteiger partial charge in [-0.25, -0.2) is 4.99 Å². The van der Waals surface area contributed by atoms with E-state index >= 15 is 0 Å². The van der Waals surface area contributed by atoms with Crippen molar-refractivity contribution in [2.45, 2.75) is 51.4 Å². The molecule has 27 heavy (non-hydrogen) atoms. The summed E-state index contributed by atoms with van der Waals surface area (Å²) in [6, 6.07) is 0. The van der Waals surface area contributed by atoms with E-state index in [0.717, 1.165) is 39.0 Å². The van der Waals surface area contributed by atoms with E-state index in [9.17, 15) is 0 Å². The van der Waals surface area contributed by atoms with E-state index in [4.69, 9.17) is 24.3 Å². The highest BCUT2D eigenvalue weighted by atomic mass is 15.1. The van der Waals surface area contributed by atoms with Gasteiger partial charge in [-0.3, -0.25) is 4.99 Å². The average Bonchev–Trinajstić information content (AvgIpc) is 2.67. The fraction of sp³-hybridized carbons (Fsp3) is 0.700. The first kappa shape index (κ1) is 24.6. The van der Waals surface area contributed by atoms with Gasteiger partial charge in [-0.2, -0.15) is 0 Å². The highest BCUT2D eigenvalue weighted by molar-refractivity contribution is 5.78. The highest BCUT2D eigenvalue weighted by Gasteiger charge is 1.94. The van der Waals surface area contributed by atoms with Gasteiger partial charge in [0.2, 0.25) is 0 Å². The minimum atomic E-state index is 0.331. The Bertz CT molecular complexity index is 486. The van der Waals surface area contributed by atoms with Crippen molar-refractivity contribution in [3.05, 3.63) is 0 Å². The molecule has 0 fully saturated rings. The van der Waals surface area contributed by atoms with Gasteiger partial charge in [-0.15, -0.1) is 12.8 Å². The number of guanidine groups is 2. The Morgan fingerprint density at radius 2 is 1.30 bits per heavy atom. The number of nitrogens with two attached hydrogens (primary N) is 2. The van der Waals surface area contributed by atoms with Crippen LogP contribution < -0.4 is 27.4 Å². The zero-order valence-corrected chi connectivity index (χ0v) is 16.6. The fourth-order valence-electron chi connectivity index (χ4n) is 2.37. The first-order valence-electron chi connectivity index (χ1n) is 9.86. The molecule has 7 N–H and O–H groups in total. The van der Waals surface area contributed by atoms with Crippen molar-refractivity contribution in [3.63, 3.8) is 0 Å². The molecule has 0 aromatic heterocycles. The van der Waals surface area contributed by atoms with Gasteiger partial charge in [0, 0.05) is 13.1 Å². The number of rotatable bonds is 16. The molecule has 0 rings (SSSR count). The lowest BCUT2D eigenvalue weighted by atomic mass is 10.2. The van der Waals surface area contributed by atoms with Gasteiger partial charge in [0.25, 0.3) is 0 Å². The Kier molecular flexibility index (Phi) is 18.2. The van der Waals surface area contributed by atoms with Crippen LogP contribution in [-0.2, 0) is 0 Å². The van der Waals surface area contributed by atoms with Gasteiger partial charge in [0.05, 0.1) is 6.54 Å². The Morgan fingerprint density at radius 3 is 1.93 bits per heavy atom. The van der Waals surface area contributed by atoms with Crippen LogP contribution in [0, 0.1) is 24.7 Å². The van der Waals surface area contributed by atoms with Crippen molar-refractivity contribution >= 4 is 11.9 Å². The van der Waals surface area contributed by atoms with Crippen LogP contribution in [0.5, 0.6) is 0 Å². The molecule has 0 heterocycles. The molecule has 7 heteroatoms. The summed E-state index contributed by atoms with van der Waals surface area (Å²) >= 11 is 0. The van der Waals surface area contributed by atoms with E-state index in [0.29, 0.717) is 25.0 Å². The minimum Gasteiger partial charge on any atom is -0.370 e. The Morgan fingerprint density at radius 1 is 0.704 bits per heavy atom. The maximum atomic E-state index is 5.65. The third-order valence-corrected chi connectivity index (χ3v) is 3.84. The van der Waals surface area contributed by atoms with Crippen LogP contribution in [0.15, 0.2) is 9.98 Å². The predicted molar refractivity (Wildman–Crippen MR) is 116 cm³/mol. The molecule has 0 aliphatic rings. The summed E-state index contributed by atoms with van der Waals surface area (Å²) in [4.78, 5) is 8.20. The van der Waals surface area contributed by atoms with Gasteiger partial charge < -0.3 is 27.4 Å². The van der Waals surface area contributed by atoms with Crippen LogP contribution in [0.3, 0.4) is 0 Å². The van der Waals surface area contributed by atoms with Crippen molar-refractivity contribution in [3.8, 4) is 24.7 Å². The summed E-state index contributed by atoms with van der Waals surface area (Å²) in [5, 5.41) is 9.41. The standard InChI is InChI=1S/C20H37N7/c1-3-13-24-19(21)26-17-11-7-5-9-15-23-16-10-6-8-12-18-27-20(22)25-14-4-2/h1-2,23H,5-18H2,(H3,21,24,26)(H3,22,25,27). The van der Waals surface area contributed by atoms with Gasteiger partial charge in [0.15, 0.2) is 11.9 Å². The Labute approximate surface area is 165 Å². The molecule has 0 aromatic carbocycles. The van der Waals surface area contributed by atoms with Gasteiger partial charge in [-0.1, -0.05) is 37.5 Å². The van der Waals surface area contributed by atoms with Crippen LogP contribution in [-0.4, -0.2) is 51.2 Å². The molecule has 0 radical (unpaired) electrons. The largest absolute Gasteiger partial charge is 0.370 e. The molecule has 0 atom stereocenters. The summed E-state index contributed by atoms with van der Waals surface area (Å²) < 4.78 is 0. The van der Waals surface area contributed by atoms with E-state index in [1.807, 2.05) is 0 Å². The molecule has 0 bridgehead atoms. The predicted octanol–water partition coefficient (Wildman–Crippen LogP) is 0.772. The third-order valence-electron chi connectivity index (χ3n) is 3.84. The van der Waals surface area contributed by atoms with E-state index < -0.39 is 0 Å². The second-order valence-corrected chi connectivity index (χ2v) is 6.24. The maximum absolute atomic E-state index is 5.65. The van der Waals surface area contributed by atoms with Crippen LogP contribution >= 0.6 is 0 Å². The quantitative estimate of drug-likeness (QED) is 0.118. The van der Waals surface area contributed by atoms with E-state index in [1.54, 1.807) is 0 Å². The van der Waals surface area contributed by atoms with Crippen LogP contribution in [0.2, 0.25) is 0 Å². The second-order valence-electron chi connectivity index (χ2n) is 6.24. The summed E-state index contributed by atoms with van der Waals surface area (Å²) in [7, 11) is 0. The van der Waals surface area contributed by atoms with Crippen molar-refractivity contribution < 1.29 is 0 Å². The Balaban J connectivity index is 3.24. The zero-order chi connectivity index (χ0) is 20.0. The van der Waals surface area contributed by atoms with E-state index in [1.165, 1.54) is 38.5 Å². The zero-order valence-electron chi connectivity index (χ0n) is 16.6. The van der Waals surface area contributed by atoms with E-state index in [-0.39, 0.29) is 0 Å². The number of hydrogen-bond acceptors (Lipinski definition) is 3. The third kappa shape index (κ3) is 19.8. The fourth-order valence-corrected chi connectivity index (χ4v) is 2.37. The van der Waals surface area contributed by atoms with Crippen molar-refractivity contribution in [1.82, 2.24) is 16.0 Å². The lowest BCUT2D eigenvalue weighted by Gasteiger charge is -2.06. The van der Waals surface area contributed by atoms with Crippen molar-refractivity contribution in [1.29, 1.82) is 0 Å². The average molecular weight is 376 g/mol. The number of terminal acetylenes is 2. The number of aliphatic imine (C=N–C) groups is 2. The molecule has 152 valence electrons. The molecule has 0 aliphatic heterocycles. The smallest absolute Gasteiger partial charge is 0.189 e. The summed E-state index contributed by atoms with van der Waals surface area (Å²) in [5.41, 5.74) is 11.3.